The zero-order valence-electron chi connectivity index (χ0n) is 14.6. The number of fused-ring (bicyclic) bond motifs is 1. The van der Waals surface area contributed by atoms with Gasteiger partial charge in [-0.3, -0.25) is 0 Å². The van der Waals surface area contributed by atoms with E-state index in [1.807, 2.05) is 0 Å². The minimum atomic E-state index is 1.04. The van der Waals surface area contributed by atoms with Gasteiger partial charge in [0, 0.05) is 38.4 Å². The predicted molar refractivity (Wildman–Crippen MR) is 104 cm³/mol. The summed E-state index contributed by atoms with van der Waals surface area (Å²) in [6, 6.07) is 15.5. The summed E-state index contributed by atoms with van der Waals surface area (Å²) in [5, 5.41) is 13.2. The van der Waals surface area contributed by atoms with Crippen LogP contribution in [0.1, 0.15) is 12.8 Å². The van der Waals surface area contributed by atoms with Gasteiger partial charge < -0.3 is 20.9 Å². The molecule has 130 valence electrons. The summed E-state index contributed by atoms with van der Waals surface area (Å²) in [6.07, 6.45) is 2.36. The second-order valence-electron chi connectivity index (χ2n) is 6.48. The molecule has 3 N–H and O–H groups in total. The molecule has 2 aromatic carbocycles. The molecule has 1 saturated heterocycles. The lowest BCUT2D eigenvalue weighted by atomic mass is 10.1. The number of rotatable bonds is 1. The zero-order chi connectivity index (χ0) is 16.5. The Morgan fingerprint density at radius 2 is 1.33 bits per heavy atom. The lowest BCUT2D eigenvalue weighted by Gasteiger charge is -2.26. The van der Waals surface area contributed by atoms with Crippen LogP contribution < -0.4 is 20.9 Å². The Morgan fingerprint density at radius 1 is 0.625 bits per heavy atom. The number of hydrogen-bond acceptors (Lipinski definition) is 4. The molecule has 1 heterocycles. The molecule has 0 atom stereocenters. The number of nitrogens with one attached hydrogen (secondary N) is 3. The quantitative estimate of drug-likeness (QED) is 0.751. The average molecular weight is 326 g/mol. The molecule has 4 heteroatoms. The lowest BCUT2D eigenvalue weighted by Crippen LogP contribution is -2.37. The van der Waals surface area contributed by atoms with Gasteiger partial charge in [-0.15, -0.1) is 0 Å². The van der Waals surface area contributed by atoms with Gasteiger partial charge in [-0.1, -0.05) is 30.3 Å². The highest BCUT2D eigenvalue weighted by molar-refractivity contribution is 5.85. The molecule has 0 spiro atoms. The van der Waals surface area contributed by atoms with E-state index >= 15 is 0 Å². The van der Waals surface area contributed by atoms with Gasteiger partial charge in [0.05, 0.1) is 0 Å². The summed E-state index contributed by atoms with van der Waals surface area (Å²) in [5.41, 5.74) is 1.34. The van der Waals surface area contributed by atoms with Crippen molar-refractivity contribution in [1.29, 1.82) is 0 Å². The molecule has 0 bridgehead atoms. The van der Waals surface area contributed by atoms with Gasteiger partial charge in [0.15, 0.2) is 0 Å². The summed E-state index contributed by atoms with van der Waals surface area (Å²) >= 11 is 0. The minimum absolute atomic E-state index is 1.04. The number of benzene rings is 2. The van der Waals surface area contributed by atoms with Crippen molar-refractivity contribution in [2.24, 2.45) is 0 Å². The fourth-order valence-corrected chi connectivity index (χ4v) is 3.24. The van der Waals surface area contributed by atoms with Crippen molar-refractivity contribution in [2.75, 3.05) is 57.3 Å². The van der Waals surface area contributed by atoms with Crippen molar-refractivity contribution in [3.63, 3.8) is 0 Å². The maximum absolute atomic E-state index is 3.58. The van der Waals surface area contributed by atoms with Crippen LogP contribution in [0.5, 0.6) is 0 Å². The smallest absolute Gasteiger partial charge is 0.0373 e. The molecule has 24 heavy (non-hydrogen) atoms. The molecular weight excluding hydrogens is 296 g/mol. The SMILES string of the molecule is c1ccc2cc(N3CCCNCCNCCCNCC3)ccc2c1. The van der Waals surface area contributed by atoms with Gasteiger partial charge in [-0.2, -0.15) is 0 Å². The van der Waals surface area contributed by atoms with E-state index < -0.39 is 0 Å². The molecule has 2 aromatic rings. The first-order valence-corrected chi connectivity index (χ1v) is 9.29. The average Bonchev–Trinajstić information content (AvgIpc) is 2.63. The minimum Gasteiger partial charge on any atom is -0.370 e. The van der Waals surface area contributed by atoms with Gasteiger partial charge in [0.2, 0.25) is 0 Å². The lowest BCUT2D eigenvalue weighted by molar-refractivity contribution is 0.550. The Bertz CT molecular complexity index is 599. The molecule has 3 rings (SSSR count). The molecule has 4 nitrogen and oxygen atoms in total. The van der Waals surface area contributed by atoms with Crippen LogP contribution in [-0.2, 0) is 0 Å². The van der Waals surface area contributed by atoms with E-state index in [9.17, 15) is 0 Å². The first kappa shape index (κ1) is 17.2. The van der Waals surface area contributed by atoms with Crippen LogP contribution in [0.25, 0.3) is 10.8 Å². The van der Waals surface area contributed by atoms with Crippen LogP contribution in [0, 0.1) is 0 Å². The van der Waals surface area contributed by atoms with E-state index in [0.717, 1.165) is 52.4 Å². The molecule has 0 aliphatic carbocycles. The third-order valence-corrected chi connectivity index (χ3v) is 4.62. The summed E-state index contributed by atoms with van der Waals surface area (Å²) in [6.45, 7) is 8.60. The van der Waals surface area contributed by atoms with Gasteiger partial charge >= 0.3 is 0 Å². The van der Waals surface area contributed by atoms with E-state index in [1.165, 1.54) is 29.3 Å². The second kappa shape index (κ2) is 9.62. The Hall–Kier alpha value is -1.62. The monoisotopic (exact) mass is 326 g/mol. The molecule has 1 aliphatic rings. The summed E-state index contributed by atoms with van der Waals surface area (Å²) < 4.78 is 0. The highest BCUT2D eigenvalue weighted by Crippen LogP contribution is 2.22. The van der Waals surface area contributed by atoms with Gasteiger partial charge in [-0.25, -0.2) is 0 Å². The largest absolute Gasteiger partial charge is 0.370 e. The number of hydrogen-bond donors (Lipinski definition) is 3. The van der Waals surface area contributed by atoms with E-state index in [4.69, 9.17) is 0 Å². The van der Waals surface area contributed by atoms with Crippen molar-refractivity contribution in [2.45, 2.75) is 12.8 Å². The maximum Gasteiger partial charge on any atom is 0.0373 e. The molecule has 0 unspecified atom stereocenters. The highest BCUT2D eigenvalue weighted by Gasteiger charge is 2.07. The van der Waals surface area contributed by atoms with Crippen LogP contribution in [-0.4, -0.2) is 52.4 Å². The Labute approximate surface area is 145 Å². The molecule has 1 fully saturated rings. The number of nitrogens with zero attached hydrogens (tertiary/aromatic N) is 1. The van der Waals surface area contributed by atoms with Crippen LogP contribution in [0.3, 0.4) is 0 Å². The van der Waals surface area contributed by atoms with E-state index in [0.29, 0.717) is 0 Å². The maximum atomic E-state index is 3.58. The third-order valence-electron chi connectivity index (χ3n) is 4.62. The molecular formula is C20H30N4. The Balaban J connectivity index is 1.66. The van der Waals surface area contributed by atoms with E-state index in [-0.39, 0.29) is 0 Å². The zero-order valence-corrected chi connectivity index (χ0v) is 14.6. The van der Waals surface area contributed by atoms with E-state index in [2.05, 4.69) is 63.3 Å². The van der Waals surface area contributed by atoms with Crippen molar-refractivity contribution < 1.29 is 0 Å². The van der Waals surface area contributed by atoms with Gasteiger partial charge in [0.1, 0.15) is 0 Å². The fraction of sp³-hybridized carbons (Fsp3) is 0.500. The topological polar surface area (TPSA) is 39.3 Å². The summed E-state index contributed by atoms with van der Waals surface area (Å²) in [7, 11) is 0. The van der Waals surface area contributed by atoms with Crippen molar-refractivity contribution in [3.8, 4) is 0 Å². The number of anilines is 1. The fourth-order valence-electron chi connectivity index (χ4n) is 3.24. The van der Waals surface area contributed by atoms with Crippen LogP contribution in [0.15, 0.2) is 42.5 Å². The second-order valence-corrected chi connectivity index (χ2v) is 6.48. The van der Waals surface area contributed by atoms with Crippen LogP contribution >= 0.6 is 0 Å². The van der Waals surface area contributed by atoms with Gasteiger partial charge in [-0.05, 0) is 55.4 Å². The van der Waals surface area contributed by atoms with Crippen molar-refractivity contribution in [3.05, 3.63) is 42.5 Å². The normalized spacial score (nSPS) is 19.1. The highest BCUT2D eigenvalue weighted by atomic mass is 15.1. The van der Waals surface area contributed by atoms with Crippen molar-refractivity contribution >= 4 is 16.5 Å². The molecule has 1 aliphatic heterocycles. The van der Waals surface area contributed by atoms with Crippen LogP contribution in [0.4, 0.5) is 5.69 Å². The first-order chi connectivity index (χ1) is 11.9. The van der Waals surface area contributed by atoms with Gasteiger partial charge in [0.25, 0.3) is 0 Å². The first-order valence-electron chi connectivity index (χ1n) is 9.29. The summed E-state index contributed by atoms with van der Waals surface area (Å²) in [4.78, 5) is 2.52. The van der Waals surface area contributed by atoms with Crippen molar-refractivity contribution in [1.82, 2.24) is 16.0 Å². The molecule has 0 aromatic heterocycles. The molecule has 0 amide bonds. The molecule has 0 saturated carbocycles. The standard InChI is InChI=1S/C20H30N4/c1-2-6-19-17-20(8-7-18(19)5-1)24-15-4-11-22-13-12-21-9-3-10-23-14-16-24/h1-2,5-8,17,21-23H,3-4,9-16H2. The van der Waals surface area contributed by atoms with Crippen LogP contribution in [0.2, 0.25) is 0 Å². The Kier molecular flexibility index (Phi) is 6.90. The van der Waals surface area contributed by atoms with E-state index in [1.54, 1.807) is 0 Å². The third kappa shape index (κ3) is 5.20. The molecule has 0 radical (unpaired) electrons. The predicted octanol–water partition coefficient (Wildman–Crippen LogP) is 2.21. The summed E-state index contributed by atoms with van der Waals surface area (Å²) in [5.74, 6) is 0. The Morgan fingerprint density at radius 3 is 2.17 bits per heavy atom.